The molecule has 1 rings (SSSR count). The number of nitrogens with zero attached hydrogens (tertiary/aromatic N) is 1. The third-order valence-electron chi connectivity index (χ3n) is 1.85. The van der Waals surface area contributed by atoms with Gasteiger partial charge in [-0.05, 0) is 6.07 Å². The zero-order chi connectivity index (χ0) is 12.0. The van der Waals surface area contributed by atoms with Crippen LogP contribution in [-0.2, 0) is 0 Å². The quantitative estimate of drug-likeness (QED) is 0.371. The lowest BCUT2D eigenvalue weighted by Crippen LogP contribution is -1.95. The zero-order valence-electron chi connectivity index (χ0n) is 8.70. The molecule has 16 heavy (non-hydrogen) atoms. The summed E-state index contributed by atoms with van der Waals surface area (Å²) in [6, 6.07) is 4.65. The second kappa shape index (κ2) is 6.13. The molecule has 0 saturated carbocycles. The van der Waals surface area contributed by atoms with Gasteiger partial charge in [-0.15, -0.1) is 0 Å². The van der Waals surface area contributed by atoms with Crippen molar-refractivity contribution >= 4 is 21.6 Å². The summed E-state index contributed by atoms with van der Waals surface area (Å²) in [5.74, 6) is 6.04. The van der Waals surface area contributed by atoms with E-state index in [2.05, 4.69) is 27.8 Å². The summed E-state index contributed by atoms with van der Waals surface area (Å²) in [5, 5.41) is 11.5. The fourth-order valence-electron chi connectivity index (χ4n) is 1.17. The van der Waals surface area contributed by atoms with Crippen LogP contribution >= 0.6 is 15.9 Å². The van der Waals surface area contributed by atoms with Crippen molar-refractivity contribution in [2.75, 3.05) is 12.4 Å². The van der Waals surface area contributed by atoms with Crippen molar-refractivity contribution < 1.29 is 9.66 Å². The fourth-order valence-corrected chi connectivity index (χ4v) is 1.36. The van der Waals surface area contributed by atoms with Crippen LogP contribution < -0.4 is 4.74 Å². The van der Waals surface area contributed by atoms with Gasteiger partial charge in [-0.3, -0.25) is 10.1 Å². The van der Waals surface area contributed by atoms with E-state index in [4.69, 9.17) is 4.74 Å². The molecule has 1 aromatic carbocycles. The molecule has 0 N–H and O–H groups in total. The maximum atomic E-state index is 10.8. The van der Waals surface area contributed by atoms with Gasteiger partial charge in [0.25, 0.3) is 5.69 Å². The lowest BCUT2D eigenvalue weighted by Gasteiger charge is -2.02. The van der Waals surface area contributed by atoms with Crippen LogP contribution in [0.3, 0.4) is 0 Å². The summed E-state index contributed by atoms with van der Waals surface area (Å²) in [5.41, 5.74) is 0.303. The minimum Gasteiger partial charge on any atom is -0.495 e. The molecule has 84 valence electrons. The number of alkyl halides is 1. The van der Waals surface area contributed by atoms with Crippen molar-refractivity contribution in [3.05, 3.63) is 33.9 Å². The van der Waals surface area contributed by atoms with Gasteiger partial charge in [-0.25, -0.2) is 0 Å². The third kappa shape index (κ3) is 2.97. The Morgan fingerprint density at radius 1 is 1.56 bits per heavy atom. The average Bonchev–Trinajstić information content (AvgIpc) is 2.29. The Labute approximate surface area is 102 Å². The summed E-state index contributed by atoms with van der Waals surface area (Å²) in [4.78, 5) is 10.3. The molecule has 0 aromatic heterocycles. The molecule has 0 fully saturated rings. The first-order valence-electron chi connectivity index (χ1n) is 4.57. The second-order valence-corrected chi connectivity index (χ2v) is 3.65. The maximum Gasteiger partial charge on any atom is 0.288 e. The van der Waals surface area contributed by atoms with Gasteiger partial charge in [0.1, 0.15) is 11.3 Å². The molecule has 0 amide bonds. The molecule has 0 spiro atoms. The normalized spacial score (nSPS) is 9.12. The van der Waals surface area contributed by atoms with Crippen molar-refractivity contribution in [2.24, 2.45) is 0 Å². The number of hydrogen-bond donors (Lipinski definition) is 0. The highest BCUT2D eigenvalue weighted by atomic mass is 79.9. The molecular formula is C11H10BrNO3. The zero-order valence-corrected chi connectivity index (χ0v) is 10.3. The molecule has 0 aliphatic rings. The van der Waals surface area contributed by atoms with E-state index in [1.54, 1.807) is 12.1 Å². The summed E-state index contributed by atoms with van der Waals surface area (Å²) in [7, 11) is 1.47. The molecule has 0 saturated heterocycles. The standard InChI is InChI=1S/C11H10BrNO3/c1-16-11-7-4-6-10(13(14)15)9(11)5-2-3-8-12/h4,6-7H,3,8H2,1H3. The number of ether oxygens (including phenoxy) is 1. The summed E-state index contributed by atoms with van der Waals surface area (Å²) in [6.45, 7) is 0. The second-order valence-electron chi connectivity index (χ2n) is 2.85. The predicted molar refractivity (Wildman–Crippen MR) is 64.9 cm³/mol. The van der Waals surface area contributed by atoms with Gasteiger partial charge >= 0.3 is 0 Å². The van der Waals surface area contributed by atoms with Crippen molar-refractivity contribution in [3.63, 3.8) is 0 Å². The topological polar surface area (TPSA) is 52.4 Å². The van der Waals surface area contributed by atoms with E-state index in [1.165, 1.54) is 13.2 Å². The molecule has 0 aliphatic carbocycles. The van der Waals surface area contributed by atoms with Crippen molar-refractivity contribution in [1.82, 2.24) is 0 Å². The maximum absolute atomic E-state index is 10.8. The van der Waals surface area contributed by atoms with E-state index >= 15 is 0 Å². The van der Waals surface area contributed by atoms with Gasteiger partial charge < -0.3 is 4.74 Å². The van der Waals surface area contributed by atoms with Gasteiger partial charge in [0.2, 0.25) is 0 Å². The number of nitro groups is 1. The van der Waals surface area contributed by atoms with Crippen LogP contribution in [0.2, 0.25) is 0 Å². The van der Waals surface area contributed by atoms with Crippen LogP contribution in [-0.4, -0.2) is 17.4 Å². The number of nitro benzene ring substituents is 1. The monoisotopic (exact) mass is 283 g/mol. The van der Waals surface area contributed by atoms with E-state index < -0.39 is 4.92 Å². The first kappa shape index (κ1) is 12.5. The van der Waals surface area contributed by atoms with Gasteiger partial charge in [-0.2, -0.15) is 0 Å². The fraction of sp³-hybridized carbons (Fsp3) is 0.273. The SMILES string of the molecule is COc1cccc([N+](=O)[O-])c1C#CCCBr. The lowest BCUT2D eigenvalue weighted by molar-refractivity contribution is -0.385. The molecule has 5 heteroatoms. The van der Waals surface area contributed by atoms with Gasteiger partial charge in [0.05, 0.1) is 12.0 Å². The van der Waals surface area contributed by atoms with Gasteiger partial charge in [0, 0.05) is 17.8 Å². The average molecular weight is 284 g/mol. The number of halogens is 1. The Bertz CT molecular complexity index is 448. The number of methoxy groups -OCH3 is 1. The summed E-state index contributed by atoms with van der Waals surface area (Å²) < 4.78 is 5.05. The van der Waals surface area contributed by atoms with Crippen molar-refractivity contribution in [3.8, 4) is 17.6 Å². The van der Waals surface area contributed by atoms with Crippen LogP contribution in [0.15, 0.2) is 18.2 Å². The van der Waals surface area contributed by atoms with Crippen LogP contribution in [0.25, 0.3) is 0 Å². The summed E-state index contributed by atoms with van der Waals surface area (Å²) in [6.07, 6.45) is 0.634. The lowest BCUT2D eigenvalue weighted by atomic mass is 10.1. The Balaban J connectivity index is 3.21. The number of rotatable bonds is 3. The number of hydrogen-bond acceptors (Lipinski definition) is 3. The molecule has 4 nitrogen and oxygen atoms in total. The van der Waals surface area contributed by atoms with E-state index in [-0.39, 0.29) is 5.69 Å². The Hall–Kier alpha value is -1.54. The van der Waals surface area contributed by atoms with E-state index in [9.17, 15) is 10.1 Å². The number of benzene rings is 1. The highest BCUT2D eigenvalue weighted by Crippen LogP contribution is 2.26. The molecule has 1 aromatic rings. The minimum absolute atomic E-state index is 0.0265. The molecular weight excluding hydrogens is 274 g/mol. The largest absolute Gasteiger partial charge is 0.495 e. The minimum atomic E-state index is -0.458. The Kier molecular flexibility index (Phi) is 4.80. The van der Waals surface area contributed by atoms with Crippen LogP contribution in [0, 0.1) is 22.0 Å². The first-order valence-corrected chi connectivity index (χ1v) is 5.69. The molecule has 0 heterocycles. The molecule has 0 unspecified atom stereocenters. The first-order chi connectivity index (χ1) is 7.70. The van der Waals surface area contributed by atoms with Gasteiger partial charge in [-0.1, -0.05) is 33.8 Å². The molecule has 0 radical (unpaired) electrons. The van der Waals surface area contributed by atoms with Gasteiger partial charge in [0.15, 0.2) is 0 Å². The van der Waals surface area contributed by atoms with Crippen molar-refractivity contribution in [1.29, 1.82) is 0 Å². The van der Waals surface area contributed by atoms with Crippen molar-refractivity contribution in [2.45, 2.75) is 6.42 Å². The van der Waals surface area contributed by atoms with E-state index in [1.807, 2.05) is 0 Å². The highest BCUT2D eigenvalue weighted by Gasteiger charge is 2.15. The van der Waals surface area contributed by atoms with Crippen LogP contribution in [0.5, 0.6) is 5.75 Å². The molecule has 0 atom stereocenters. The smallest absolute Gasteiger partial charge is 0.288 e. The highest BCUT2D eigenvalue weighted by molar-refractivity contribution is 9.09. The van der Waals surface area contributed by atoms with Crippen LogP contribution in [0.4, 0.5) is 5.69 Å². The third-order valence-corrected chi connectivity index (χ3v) is 2.25. The predicted octanol–water partition coefficient (Wildman–Crippen LogP) is 2.74. The molecule has 0 aliphatic heterocycles. The Morgan fingerprint density at radius 3 is 2.88 bits per heavy atom. The van der Waals surface area contributed by atoms with E-state index in [0.717, 1.165) is 5.33 Å². The molecule has 0 bridgehead atoms. The van der Waals surface area contributed by atoms with E-state index in [0.29, 0.717) is 17.7 Å². The summed E-state index contributed by atoms with van der Waals surface area (Å²) >= 11 is 3.24. The Morgan fingerprint density at radius 2 is 2.31 bits per heavy atom. The van der Waals surface area contributed by atoms with Crippen LogP contribution in [0.1, 0.15) is 12.0 Å².